The molecule has 0 amide bonds. The third-order valence-corrected chi connectivity index (χ3v) is 8.19. The number of nitrogens with zero attached hydrogens (tertiary/aromatic N) is 2. The number of hydrogen-bond acceptors (Lipinski definition) is 5. The molecule has 0 atom stereocenters. The number of sulfonamides is 1. The third-order valence-electron chi connectivity index (χ3n) is 6.28. The third kappa shape index (κ3) is 4.49. The number of ether oxygens (including phenoxy) is 1. The van der Waals surface area contributed by atoms with Crippen molar-refractivity contribution in [1.82, 2.24) is 8.87 Å². The van der Waals surface area contributed by atoms with Gasteiger partial charge in [0.2, 0.25) is 15.8 Å². The van der Waals surface area contributed by atoms with Crippen LogP contribution >= 0.6 is 0 Å². The molecule has 0 N–H and O–H groups in total. The summed E-state index contributed by atoms with van der Waals surface area (Å²) in [5, 5.41) is 0. The van der Waals surface area contributed by atoms with E-state index in [4.69, 9.17) is 4.74 Å². The molecule has 2 aromatic rings. The minimum Gasteiger partial charge on any atom is -0.457 e. The number of hydrogen-bond donors (Lipinski definition) is 0. The number of esters is 1. The van der Waals surface area contributed by atoms with E-state index in [9.17, 15) is 22.4 Å². The number of ketones is 1. The average molecular weight is 463 g/mol. The lowest BCUT2D eigenvalue weighted by molar-refractivity contribution is -0.148. The van der Waals surface area contributed by atoms with Crippen molar-refractivity contribution in [1.29, 1.82) is 0 Å². The molecule has 1 saturated heterocycles. The second-order valence-electron chi connectivity index (χ2n) is 8.55. The Balaban J connectivity index is 1.31. The summed E-state index contributed by atoms with van der Waals surface area (Å²) in [6.07, 6.45) is 2.86. The fourth-order valence-electron chi connectivity index (χ4n) is 4.37. The molecule has 32 heavy (non-hydrogen) atoms. The molecule has 1 aliphatic heterocycles. The smallest absolute Gasteiger partial charge is 0.309 e. The maximum Gasteiger partial charge on any atom is 0.309 e. The SMILES string of the molecule is Cc1cc(C(=O)COC(=O)C2CCN(S(=O)(=O)c3ccc(F)cc3)CC2)c(C)n1C1CC1. The molecule has 2 fully saturated rings. The topological polar surface area (TPSA) is 85.7 Å². The van der Waals surface area contributed by atoms with Crippen molar-refractivity contribution >= 4 is 21.8 Å². The van der Waals surface area contributed by atoms with Crippen molar-refractivity contribution in [2.75, 3.05) is 19.7 Å². The van der Waals surface area contributed by atoms with Gasteiger partial charge in [-0.1, -0.05) is 0 Å². The zero-order chi connectivity index (χ0) is 23.0. The number of Topliss-reactive ketones (excluding diaryl/α,β-unsaturated/α-hetero) is 1. The number of halogens is 1. The first-order valence-corrected chi connectivity index (χ1v) is 12.3. The van der Waals surface area contributed by atoms with Gasteiger partial charge < -0.3 is 9.30 Å². The minimum atomic E-state index is -3.74. The fourth-order valence-corrected chi connectivity index (χ4v) is 5.84. The van der Waals surface area contributed by atoms with Gasteiger partial charge in [-0.05, 0) is 69.9 Å². The van der Waals surface area contributed by atoms with Crippen LogP contribution in [0, 0.1) is 25.6 Å². The standard InChI is InChI=1S/C23H27FN2O5S/c1-15-13-21(16(2)26(15)19-5-6-19)22(27)14-31-23(28)17-9-11-25(12-10-17)32(29,30)20-7-3-18(24)4-8-20/h3-4,7-8,13,17,19H,5-6,9-12,14H2,1-2H3. The van der Waals surface area contributed by atoms with E-state index in [2.05, 4.69) is 4.57 Å². The summed E-state index contributed by atoms with van der Waals surface area (Å²) in [6.45, 7) is 3.90. The molecule has 0 bridgehead atoms. The van der Waals surface area contributed by atoms with Gasteiger partial charge in [0, 0.05) is 36.1 Å². The zero-order valence-electron chi connectivity index (χ0n) is 18.2. The van der Waals surface area contributed by atoms with Gasteiger partial charge in [-0.3, -0.25) is 9.59 Å². The van der Waals surface area contributed by atoms with Crippen LogP contribution in [0.5, 0.6) is 0 Å². The molecule has 7 nitrogen and oxygen atoms in total. The Morgan fingerprint density at radius 3 is 2.28 bits per heavy atom. The Hall–Kier alpha value is -2.52. The number of carbonyl (C=O) groups is 2. The minimum absolute atomic E-state index is 0.0225. The summed E-state index contributed by atoms with van der Waals surface area (Å²) < 4.78 is 47.2. The number of rotatable bonds is 7. The first kappa shape index (κ1) is 22.7. The van der Waals surface area contributed by atoms with E-state index in [1.54, 1.807) is 0 Å². The zero-order valence-corrected chi connectivity index (χ0v) is 19.0. The fraction of sp³-hybridized carbons (Fsp3) is 0.478. The first-order chi connectivity index (χ1) is 15.2. The molecule has 0 spiro atoms. The normalized spacial score (nSPS) is 18.0. The maximum atomic E-state index is 13.1. The molecule has 1 saturated carbocycles. The van der Waals surface area contributed by atoms with Crippen LogP contribution in [-0.4, -0.2) is 48.7 Å². The van der Waals surface area contributed by atoms with Crippen LogP contribution in [0.2, 0.25) is 0 Å². The molecule has 2 aliphatic rings. The van der Waals surface area contributed by atoms with Gasteiger partial charge in [-0.25, -0.2) is 12.8 Å². The largest absolute Gasteiger partial charge is 0.457 e. The molecule has 2 heterocycles. The van der Waals surface area contributed by atoms with E-state index in [-0.39, 0.29) is 30.4 Å². The molecule has 1 aliphatic carbocycles. The van der Waals surface area contributed by atoms with Crippen LogP contribution < -0.4 is 0 Å². The van der Waals surface area contributed by atoms with Crippen LogP contribution in [-0.2, 0) is 19.6 Å². The maximum absolute atomic E-state index is 13.1. The Labute approximate surface area is 187 Å². The van der Waals surface area contributed by atoms with Gasteiger partial charge >= 0.3 is 5.97 Å². The number of carbonyl (C=O) groups excluding carboxylic acids is 2. The lowest BCUT2D eigenvalue weighted by Gasteiger charge is -2.30. The van der Waals surface area contributed by atoms with Gasteiger partial charge in [0.05, 0.1) is 10.8 Å². The van der Waals surface area contributed by atoms with Crippen LogP contribution in [0.1, 0.15) is 53.5 Å². The van der Waals surface area contributed by atoms with E-state index < -0.39 is 27.7 Å². The predicted molar refractivity (Wildman–Crippen MR) is 115 cm³/mol. The highest BCUT2D eigenvalue weighted by Crippen LogP contribution is 2.38. The number of aryl methyl sites for hydroxylation is 1. The Morgan fingerprint density at radius 1 is 1.06 bits per heavy atom. The molecular weight excluding hydrogens is 435 g/mol. The molecular formula is C23H27FN2O5S. The number of piperidine rings is 1. The van der Waals surface area contributed by atoms with E-state index in [1.165, 1.54) is 16.4 Å². The molecule has 1 aromatic carbocycles. The summed E-state index contributed by atoms with van der Waals surface area (Å²) in [6, 6.07) is 7.00. The molecule has 0 unspecified atom stereocenters. The summed E-state index contributed by atoms with van der Waals surface area (Å²) >= 11 is 0. The lowest BCUT2D eigenvalue weighted by atomic mass is 9.98. The van der Waals surface area contributed by atoms with Crippen molar-refractivity contribution < 1.29 is 27.1 Å². The van der Waals surface area contributed by atoms with Gasteiger partial charge in [-0.2, -0.15) is 4.31 Å². The quantitative estimate of drug-likeness (QED) is 0.465. The summed E-state index contributed by atoms with van der Waals surface area (Å²) in [7, 11) is -3.74. The van der Waals surface area contributed by atoms with Gasteiger partial charge in [0.15, 0.2) is 6.61 Å². The highest BCUT2D eigenvalue weighted by molar-refractivity contribution is 7.89. The van der Waals surface area contributed by atoms with Crippen molar-refractivity contribution in [3.63, 3.8) is 0 Å². The summed E-state index contributed by atoms with van der Waals surface area (Å²) in [5.74, 6) is -1.67. The number of aromatic nitrogens is 1. The molecule has 4 rings (SSSR count). The van der Waals surface area contributed by atoms with Crippen LogP contribution in [0.25, 0.3) is 0 Å². The Bertz CT molecular complexity index is 1130. The lowest BCUT2D eigenvalue weighted by Crippen LogP contribution is -2.40. The van der Waals surface area contributed by atoms with E-state index in [0.29, 0.717) is 24.4 Å². The van der Waals surface area contributed by atoms with Gasteiger partial charge in [0.25, 0.3) is 0 Å². The summed E-state index contributed by atoms with van der Waals surface area (Å²) in [4.78, 5) is 25.1. The molecule has 1 aromatic heterocycles. The summed E-state index contributed by atoms with van der Waals surface area (Å²) in [5.41, 5.74) is 2.53. The second kappa shape index (κ2) is 8.78. The van der Waals surface area contributed by atoms with Crippen molar-refractivity contribution in [3.8, 4) is 0 Å². The Morgan fingerprint density at radius 2 is 1.69 bits per heavy atom. The predicted octanol–water partition coefficient (Wildman–Crippen LogP) is 3.41. The number of benzene rings is 1. The first-order valence-electron chi connectivity index (χ1n) is 10.8. The highest BCUT2D eigenvalue weighted by Gasteiger charge is 2.33. The Kier molecular flexibility index (Phi) is 6.22. The van der Waals surface area contributed by atoms with Crippen molar-refractivity contribution in [2.24, 2.45) is 5.92 Å². The monoisotopic (exact) mass is 462 g/mol. The van der Waals surface area contributed by atoms with Crippen LogP contribution in [0.4, 0.5) is 4.39 Å². The molecule has 172 valence electrons. The van der Waals surface area contributed by atoms with E-state index in [1.807, 2.05) is 19.9 Å². The van der Waals surface area contributed by atoms with Crippen LogP contribution in [0.3, 0.4) is 0 Å². The van der Waals surface area contributed by atoms with E-state index in [0.717, 1.165) is 36.4 Å². The van der Waals surface area contributed by atoms with Crippen molar-refractivity contribution in [2.45, 2.75) is 50.5 Å². The van der Waals surface area contributed by atoms with Crippen molar-refractivity contribution in [3.05, 3.63) is 53.1 Å². The highest BCUT2D eigenvalue weighted by atomic mass is 32.2. The van der Waals surface area contributed by atoms with E-state index >= 15 is 0 Å². The molecule has 9 heteroatoms. The molecule has 0 radical (unpaired) electrons. The average Bonchev–Trinajstić information content (AvgIpc) is 3.56. The van der Waals surface area contributed by atoms with Gasteiger partial charge in [-0.15, -0.1) is 0 Å². The second-order valence-corrected chi connectivity index (χ2v) is 10.5. The van der Waals surface area contributed by atoms with Gasteiger partial charge in [0.1, 0.15) is 5.82 Å². The van der Waals surface area contributed by atoms with Crippen LogP contribution in [0.15, 0.2) is 35.2 Å².